The number of guanidine groups is 1. The Labute approximate surface area is 186 Å². The first-order valence-electron chi connectivity index (χ1n) is 10.2. The van der Waals surface area contributed by atoms with Gasteiger partial charge >= 0.3 is 0 Å². The third-order valence-electron chi connectivity index (χ3n) is 5.41. The van der Waals surface area contributed by atoms with Gasteiger partial charge in [-0.1, -0.05) is 6.92 Å². The average Bonchev–Trinajstić information content (AvgIpc) is 3.32. The first-order valence-corrected chi connectivity index (χ1v) is 10.2. The first kappa shape index (κ1) is 24.9. The normalized spacial score (nSPS) is 22.7. The van der Waals surface area contributed by atoms with E-state index in [1.807, 2.05) is 25.9 Å². The molecule has 0 saturated carbocycles. The third-order valence-corrected chi connectivity index (χ3v) is 5.41. The van der Waals surface area contributed by atoms with Gasteiger partial charge in [-0.15, -0.1) is 24.0 Å². The van der Waals surface area contributed by atoms with Crippen molar-refractivity contribution in [1.29, 1.82) is 0 Å². The van der Waals surface area contributed by atoms with Crippen LogP contribution in [0.2, 0.25) is 0 Å². The number of carbonyl (C=O) groups excluding carboxylic acids is 2. The van der Waals surface area contributed by atoms with Crippen molar-refractivity contribution in [2.24, 2.45) is 4.99 Å². The topological polar surface area (TPSA) is 80.3 Å². The summed E-state index contributed by atoms with van der Waals surface area (Å²) in [5.41, 5.74) is 0. The molecule has 8 nitrogen and oxygen atoms in total. The molecule has 2 atom stereocenters. The van der Waals surface area contributed by atoms with Crippen molar-refractivity contribution in [3.8, 4) is 0 Å². The molecule has 2 aliphatic rings. The molecule has 2 fully saturated rings. The number of rotatable bonds is 7. The molecule has 2 unspecified atom stereocenters. The second-order valence-electron chi connectivity index (χ2n) is 7.60. The van der Waals surface area contributed by atoms with Gasteiger partial charge in [0.15, 0.2) is 5.96 Å². The number of carbonyl (C=O) groups is 2. The number of hydrogen-bond donors (Lipinski definition) is 2. The van der Waals surface area contributed by atoms with Crippen LogP contribution in [0.15, 0.2) is 4.99 Å². The molecular formula is C19H37IN6O2. The van der Waals surface area contributed by atoms with E-state index in [0.29, 0.717) is 6.42 Å². The molecule has 0 aromatic rings. The summed E-state index contributed by atoms with van der Waals surface area (Å²) in [7, 11) is 5.42. The van der Waals surface area contributed by atoms with Gasteiger partial charge in [-0.05, 0) is 32.2 Å². The van der Waals surface area contributed by atoms with Crippen LogP contribution in [-0.2, 0) is 9.59 Å². The maximum Gasteiger partial charge on any atom is 0.239 e. The summed E-state index contributed by atoms with van der Waals surface area (Å²) in [5, 5.41) is 6.77. The summed E-state index contributed by atoms with van der Waals surface area (Å²) in [6.45, 7) is 6.19. The molecule has 2 rings (SSSR count). The minimum absolute atomic E-state index is 0. The summed E-state index contributed by atoms with van der Waals surface area (Å²) in [6.07, 6.45) is 4.53. The van der Waals surface area contributed by atoms with Gasteiger partial charge < -0.3 is 20.4 Å². The monoisotopic (exact) mass is 508 g/mol. The highest BCUT2D eigenvalue weighted by Crippen LogP contribution is 2.18. The van der Waals surface area contributed by atoms with Gasteiger partial charge in [0, 0.05) is 59.8 Å². The fourth-order valence-corrected chi connectivity index (χ4v) is 3.88. The standard InChI is InChI=1S/C19H36N6O2.HI/c1-5-17(26)25-13-9-15(14-25)22-19(20-2)21-10-7-12-24-11-6-8-16(24)18(27)23(3)4;/h15-16H,5-14H2,1-4H3,(H2,20,21,22);1H. The lowest BCUT2D eigenvalue weighted by Crippen LogP contribution is -2.46. The fourth-order valence-electron chi connectivity index (χ4n) is 3.88. The third kappa shape index (κ3) is 7.06. The highest BCUT2D eigenvalue weighted by Gasteiger charge is 2.31. The summed E-state index contributed by atoms with van der Waals surface area (Å²) < 4.78 is 0. The van der Waals surface area contributed by atoms with Crippen molar-refractivity contribution in [2.45, 2.75) is 51.1 Å². The van der Waals surface area contributed by atoms with Crippen molar-refractivity contribution in [2.75, 3.05) is 53.9 Å². The molecule has 2 amide bonds. The Hall–Kier alpha value is -1.10. The molecule has 28 heavy (non-hydrogen) atoms. The Kier molecular flexibility index (Phi) is 11.1. The Bertz CT molecular complexity index is 543. The number of nitrogens with zero attached hydrogens (tertiary/aromatic N) is 4. The molecule has 0 radical (unpaired) electrons. The van der Waals surface area contributed by atoms with Crippen LogP contribution in [-0.4, -0.2) is 98.4 Å². The quantitative estimate of drug-likeness (QED) is 0.230. The number of aliphatic imine (C=N–C) groups is 1. The molecule has 2 N–H and O–H groups in total. The molecule has 0 spiro atoms. The summed E-state index contributed by atoms with van der Waals surface area (Å²) in [4.78, 5) is 34.2. The molecule has 2 heterocycles. The van der Waals surface area contributed by atoms with Crippen LogP contribution >= 0.6 is 24.0 Å². The Morgan fingerprint density at radius 3 is 2.61 bits per heavy atom. The van der Waals surface area contributed by atoms with Gasteiger partial charge in [0.2, 0.25) is 11.8 Å². The number of likely N-dealkylation sites (tertiary alicyclic amines) is 2. The molecule has 2 aliphatic heterocycles. The second kappa shape index (κ2) is 12.5. The van der Waals surface area contributed by atoms with Gasteiger partial charge in [0.1, 0.15) is 0 Å². The smallest absolute Gasteiger partial charge is 0.239 e. The van der Waals surface area contributed by atoms with Gasteiger partial charge in [0.05, 0.1) is 6.04 Å². The van der Waals surface area contributed by atoms with Gasteiger partial charge in [-0.3, -0.25) is 19.5 Å². The molecule has 0 aromatic carbocycles. The largest absolute Gasteiger partial charge is 0.356 e. The van der Waals surface area contributed by atoms with E-state index in [-0.39, 0.29) is 47.9 Å². The first-order chi connectivity index (χ1) is 13.0. The lowest BCUT2D eigenvalue weighted by atomic mass is 10.2. The van der Waals surface area contributed by atoms with Crippen LogP contribution in [0.1, 0.15) is 39.0 Å². The minimum Gasteiger partial charge on any atom is -0.356 e. The van der Waals surface area contributed by atoms with Crippen molar-refractivity contribution in [3.63, 3.8) is 0 Å². The minimum atomic E-state index is 0. The van der Waals surface area contributed by atoms with Crippen LogP contribution < -0.4 is 10.6 Å². The lowest BCUT2D eigenvalue weighted by Gasteiger charge is -2.26. The predicted octanol–water partition coefficient (Wildman–Crippen LogP) is 0.723. The fraction of sp³-hybridized carbons (Fsp3) is 0.842. The highest BCUT2D eigenvalue weighted by molar-refractivity contribution is 14.0. The Morgan fingerprint density at radius 2 is 1.96 bits per heavy atom. The van der Waals surface area contributed by atoms with Crippen LogP contribution in [0.3, 0.4) is 0 Å². The zero-order valence-corrected chi connectivity index (χ0v) is 20.1. The van der Waals surface area contributed by atoms with Crippen LogP contribution in [0.5, 0.6) is 0 Å². The summed E-state index contributed by atoms with van der Waals surface area (Å²) >= 11 is 0. The van der Waals surface area contributed by atoms with Crippen molar-refractivity contribution in [1.82, 2.24) is 25.3 Å². The second-order valence-corrected chi connectivity index (χ2v) is 7.60. The molecule has 0 aromatic heterocycles. The SMILES string of the molecule is CCC(=O)N1CCC(NC(=NC)NCCCN2CCCC2C(=O)N(C)C)C1.I. The Morgan fingerprint density at radius 1 is 1.21 bits per heavy atom. The van der Waals surface area contributed by atoms with Crippen molar-refractivity contribution < 1.29 is 9.59 Å². The summed E-state index contributed by atoms with van der Waals surface area (Å²) in [5.74, 6) is 1.22. The maximum absolute atomic E-state index is 12.2. The van der Waals surface area contributed by atoms with E-state index in [1.165, 1.54) is 0 Å². The molecule has 0 bridgehead atoms. The number of likely N-dealkylation sites (N-methyl/N-ethyl adjacent to an activating group) is 1. The number of amides is 2. The van der Waals surface area contributed by atoms with E-state index in [4.69, 9.17) is 0 Å². The van der Waals surface area contributed by atoms with E-state index >= 15 is 0 Å². The van der Waals surface area contributed by atoms with E-state index in [0.717, 1.165) is 64.4 Å². The predicted molar refractivity (Wildman–Crippen MR) is 123 cm³/mol. The average molecular weight is 508 g/mol. The molecular weight excluding hydrogens is 471 g/mol. The van der Waals surface area contributed by atoms with E-state index in [1.54, 1.807) is 11.9 Å². The zero-order chi connectivity index (χ0) is 19.8. The zero-order valence-electron chi connectivity index (χ0n) is 17.7. The molecule has 2 saturated heterocycles. The number of hydrogen-bond acceptors (Lipinski definition) is 4. The lowest BCUT2D eigenvalue weighted by molar-refractivity contribution is -0.133. The van der Waals surface area contributed by atoms with Gasteiger partial charge in [-0.2, -0.15) is 0 Å². The van der Waals surface area contributed by atoms with E-state index in [2.05, 4.69) is 20.5 Å². The van der Waals surface area contributed by atoms with Gasteiger partial charge in [-0.25, -0.2) is 0 Å². The van der Waals surface area contributed by atoms with Gasteiger partial charge in [0.25, 0.3) is 0 Å². The highest BCUT2D eigenvalue weighted by atomic mass is 127. The van der Waals surface area contributed by atoms with Crippen molar-refractivity contribution in [3.05, 3.63) is 0 Å². The van der Waals surface area contributed by atoms with E-state index < -0.39 is 0 Å². The van der Waals surface area contributed by atoms with Crippen molar-refractivity contribution >= 4 is 41.8 Å². The summed E-state index contributed by atoms with van der Waals surface area (Å²) in [6, 6.07) is 0.297. The molecule has 162 valence electrons. The number of nitrogens with one attached hydrogen (secondary N) is 2. The molecule has 0 aliphatic carbocycles. The van der Waals surface area contributed by atoms with Crippen LogP contribution in [0, 0.1) is 0 Å². The van der Waals surface area contributed by atoms with Crippen LogP contribution in [0.25, 0.3) is 0 Å². The Balaban J connectivity index is 0.00000392. The maximum atomic E-state index is 12.2. The van der Waals surface area contributed by atoms with Crippen LogP contribution in [0.4, 0.5) is 0 Å². The molecule has 9 heteroatoms. The number of halogens is 1. The van der Waals surface area contributed by atoms with E-state index in [9.17, 15) is 9.59 Å².